The van der Waals surface area contributed by atoms with E-state index in [4.69, 9.17) is 9.84 Å². The predicted octanol–water partition coefficient (Wildman–Crippen LogP) is 5.24. The summed E-state index contributed by atoms with van der Waals surface area (Å²) in [6, 6.07) is 23.9. The first kappa shape index (κ1) is 22.3. The third kappa shape index (κ3) is 5.66. The van der Waals surface area contributed by atoms with Crippen molar-refractivity contribution in [2.24, 2.45) is 0 Å². The average Bonchev–Trinajstić information content (AvgIpc) is 3.27. The van der Waals surface area contributed by atoms with Gasteiger partial charge in [-0.15, -0.1) is 0 Å². The number of aryl methyl sites for hydroxylation is 2. The quantitative estimate of drug-likeness (QED) is 0.405. The molecule has 168 valence electrons. The minimum atomic E-state index is -0.313. The first-order valence-corrected chi connectivity index (χ1v) is 10.8. The maximum atomic E-state index is 13.9. The molecule has 0 unspecified atom stereocenters. The van der Waals surface area contributed by atoms with Gasteiger partial charge in [-0.2, -0.15) is 5.10 Å². The summed E-state index contributed by atoms with van der Waals surface area (Å²) in [5, 5.41) is 7.67. The Balaban J connectivity index is 1.50. The van der Waals surface area contributed by atoms with Crippen molar-refractivity contribution in [3.63, 3.8) is 0 Å². The smallest absolute Gasteiger partial charge is 0.220 e. The summed E-state index contributed by atoms with van der Waals surface area (Å²) in [5.41, 5.74) is 5.31. The first-order valence-electron chi connectivity index (χ1n) is 10.8. The largest absolute Gasteiger partial charge is 0.497 e. The van der Waals surface area contributed by atoms with Crippen LogP contribution in [0.1, 0.15) is 23.2 Å². The maximum Gasteiger partial charge on any atom is 0.220 e. The topological polar surface area (TPSA) is 56.2 Å². The van der Waals surface area contributed by atoms with Crippen LogP contribution in [0.4, 0.5) is 4.39 Å². The van der Waals surface area contributed by atoms with E-state index in [0.29, 0.717) is 24.9 Å². The van der Waals surface area contributed by atoms with E-state index in [2.05, 4.69) is 5.32 Å². The van der Waals surface area contributed by atoms with Crippen LogP contribution in [0.5, 0.6) is 5.75 Å². The lowest BCUT2D eigenvalue weighted by atomic mass is 10.1. The van der Waals surface area contributed by atoms with Crippen molar-refractivity contribution in [3.8, 4) is 22.7 Å². The molecular weight excluding hydrogens is 417 g/mol. The van der Waals surface area contributed by atoms with Crippen LogP contribution in [-0.4, -0.2) is 22.8 Å². The zero-order chi connectivity index (χ0) is 23.2. The Morgan fingerprint density at radius 1 is 1.03 bits per heavy atom. The van der Waals surface area contributed by atoms with Gasteiger partial charge in [0.15, 0.2) is 0 Å². The fraction of sp³-hybridized carbons (Fsp3) is 0.185. The van der Waals surface area contributed by atoms with Crippen LogP contribution in [0.25, 0.3) is 16.9 Å². The molecule has 33 heavy (non-hydrogen) atoms. The number of aromatic nitrogens is 2. The molecule has 1 heterocycles. The number of carbonyl (C=O) groups is 1. The van der Waals surface area contributed by atoms with E-state index >= 15 is 0 Å². The summed E-state index contributed by atoms with van der Waals surface area (Å²) < 4.78 is 20.9. The van der Waals surface area contributed by atoms with E-state index in [1.807, 2.05) is 67.6 Å². The third-order valence-electron chi connectivity index (χ3n) is 5.42. The Morgan fingerprint density at radius 2 is 1.79 bits per heavy atom. The summed E-state index contributed by atoms with van der Waals surface area (Å²) in [4.78, 5) is 12.4. The molecule has 1 amide bonds. The molecule has 4 rings (SSSR count). The van der Waals surface area contributed by atoms with Crippen molar-refractivity contribution < 1.29 is 13.9 Å². The third-order valence-corrected chi connectivity index (χ3v) is 5.42. The second kappa shape index (κ2) is 10.1. The van der Waals surface area contributed by atoms with Gasteiger partial charge in [0.1, 0.15) is 11.6 Å². The van der Waals surface area contributed by atoms with Crippen LogP contribution in [0.15, 0.2) is 78.9 Å². The van der Waals surface area contributed by atoms with Crippen LogP contribution in [0.3, 0.4) is 0 Å². The first-order chi connectivity index (χ1) is 16.0. The van der Waals surface area contributed by atoms with Crippen molar-refractivity contribution in [1.29, 1.82) is 0 Å². The highest BCUT2D eigenvalue weighted by Gasteiger charge is 2.14. The Labute approximate surface area is 192 Å². The van der Waals surface area contributed by atoms with Crippen molar-refractivity contribution in [2.45, 2.75) is 26.3 Å². The zero-order valence-corrected chi connectivity index (χ0v) is 18.7. The SMILES string of the molecule is COc1ccc(-n2nc(CCC(=O)NCc3ccc(C)cc3)cc2-c2cccc(F)c2)cc1. The predicted molar refractivity (Wildman–Crippen MR) is 127 cm³/mol. The normalized spacial score (nSPS) is 10.8. The number of hydrogen-bond donors (Lipinski definition) is 1. The van der Waals surface area contributed by atoms with Gasteiger partial charge in [0.05, 0.1) is 24.2 Å². The molecule has 0 aliphatic rings. The van der Waals surface area contributed by atoms with Crippen LogP contribution in [0, 0.1) is 12.7 Å². The van der Waals surface area contributed by atoms with Gasteiger partial charge in [0.2, 0.25) is 5.91 Å². The Bertz CT molecular complexity index is 1230. The number of nitrogens with zero attached hydrogens (tertiary/aromatic N) is 2. The zero-order valence-electron chi connectivity index (χ0n) is 18.7. The molecule has 0 aliphatic heterocycles. The van der Waals surface area contributed by atoms with Crippen LogP contribution in [-0.2, 0) is 17.8 Å². The maximum absolute atomic E-state index is 13.9. The average molecular weight is 444 g/mol. The molecule has 5 nitrogen and oxygen atoms in total. The van der Waals surface area contributed by atoms with E-state index < -0.39 is 0 Å². The number of ether oxygens (including phenoxy) is 1. The standard InChI is InChI=1S/C27H26FN3O2/c1-19-6-8-20(9-7-19)18-29-27(32)15-10-23-17-26(21-4-3-5-22(28)16-21)31(30-23)24-11-13-25(33-2)14-12-24/h3-9,11-14,16-17H,10,15,18H2,1-2H3,(H,29,32). The number of methoxy groups -OCH3 is 1. The van der Waals surface area contributed by atoms with Gasteiger partial charge >= 0.3 is 0 Å². The number of carbonyl (C=O) groups excluding carboxylic acids is 1. The number of benzene rings is 3. The van der Waals surface area contributed by atoms with Crippen LogP contribution >= 0.6 is 0 Å². The summed E-state index contributed by atoms with van der Waals surface area (Å²) in [7, 11) is 1.61. The van der Waals surface area contributed by atoms with E-state index in [1.165, 1.54) is 17.7 Å². The minimum Gasteiger partial charge on any atom is -0.497 e. The highest BCUT2D eigenvalue weighted by atomic mass is 19.1. The Kier molecular flexibility index (Phi) is 6.83. The minimum absolute atomic E-state index is 0.0399. The molecule has 0 bridgehead atoms. The van der Waals surface area contributed by atoms with Crippen molar-refractivity contribution >= 4 is 5.91 Å². The summed E-state index contributed by atoms with van der Waals surface area (Å²) in [5.74, 6) is 0.387. The van der Waals surface area contributed by atoms with Gasteiger partial charge in [0, 0.05) is 24.9 Å². The van der Waals surface area contributed by atoms with Gasteiger partial charge in [-0.1, -0.05) is 42.0 Å². The van der Waals surface area contributed by atoms with Gasteiger partial charge in [-0.25, -0.2) is 9.07 Å². The molecule has 1 N–H and O–H groups in total. The Hall–Kier alpha value is -3.93. The van der Waals surface area contributed by atoms with Gasteiger partial charge in [-0.3, -0.25) is 4.79 Å². The number of rotatable bonds is 8. The monoisotopic (exact) mass is 443 g/mol. The number of halogens is 1. The summed E-state index contributed by atoms with van der Waals surface area (Å²) >= 11 is 0. The molecule has 0 radical (unpaired) electrons. The van der Waals surface area contributed by atoms with Crippen molar-refractivity contribution in [2.75, 3.05) is 7.11 Å². The van der Waals surface area contributed by atoms with Crippen molar-refractivity contribution in [1.82, 2.24) is 15.1 Å². The lowest BCUT2D eigenvalue weighted by Gasteiger charge is -2.08. The molecule has 0 fully saturated rings. The van der Waals surface area contributed by atoms with Crippen LogP contribution < -0.4 is 10.1 Å². The van der Waals surface area contributed by atoms with E-state index in [-0.39, 0.29) is 11.7 Å². The highest BCUT2D eigenvalue weighted by molar-refractivity contribution is 5.76. The van der Waals surface area contributed by atoms with Gasteiger partial charge in [0.25, 0.3) is 0 Å². The number of hydrogen-bond acceptors (Lipinski definition) is 3. The van der Waals surface area contributed by atoms with Crippen LogP contribution in [0.2, 0.25) is 0 Å². The molecule has 0 spiro atoms. The van der Waals surface area contributed by atoms with Gasteiger partial charge < -0.3 is 10.1 Å². The Morgan fingerprint density at radius 3 is 2.48 bits per heavy atom. The molecule has 0 saturated heterocycles. The lowest BCUT2D eigenvalue weighted by molar-refractivity contribution is -0.121. The van der Waals surface area contributed by atoms with E-state index in [0.717, 1.165) is 28.4 Å². The molecule has 0 aliphatic carbocycles. The second-order valence-electron chi connectivity index (χ2n) is 7.90. The molecule has 1 aromatic heterocycles. The second-order valence-corrected chi connectivity index (χ2v) is 7.90. The highest BCUT2D eigenvalue weighted by Crippen LogP contribution is 2.26. The molecule has 0 atom stereocenters. The number of amides is 1. The molecule has 0 saturated carbocycles. The van der Waals surface area contributed by atoms with E-state index in [1.54, 1.807) is 17.9 Å². The summed E-state index contributed by atoms with van der Waals surface area (Å²) in [6.07, 6.45) is 0.791. The fourth-order valence-corrected chi connectivity index (χ4v) is 3.56. The van der Waals surface area contributed by atoms with Crippen molar-refractivity contribution in [3.05, 3.63) is 102 Å². The lowest BCUT2D eigenvalue weighted by Crippen LogP contribution is -2.23. The fourth-order valence-electron chi connectivity index (χ4n) is 3.56. The molecule has 4 aromatic rings. The molecular formula is C27H26FN3O2. The number of nitrogens with one attached hydrogen (secondary N) is 1. The van der Waals surface area contributed by atoms with E-state index in [9.17, 15) is 9.18 Å². The molecule has 6 heteroatoms. The van der Waals surface area contributed by atoms with Gasteiger partial charge in [-0.05, 0) is 55.0 Å². The molecule has 3 aromatic carbocycles. The summed E-state index contributed by atoms with van der Waals surface area (Å²) in [6.45, 7) is 2.53.